The highest BCUT2D eigenvalue weighted by atomic mass is 19.1. The Kier molecular flexibility index (Phi) is 2.55. The van der Waals surface area contributed by atoms with E-state index in [1.165, 1.54) is 5.56 Å². The van der Waals surface area contributed by atoms with Gasteiger partial charge in [0, 0.05) is 6.04 Å². The summed E-state index contributed by atoms with van der Waals surface area (Å²) in [4.78, 5) is 0. The summed E-state index contributed by atoms with van der Waals surface area (Å²) in [5.41, 5.74) is 2.30. The lowest BCUT2D eigenvalue weighted by molar-refractivity contribution is 0.600. The Bertz CT molecular complexity index is 335. The predicted octanol–water partition coefficient (Wildman–Crippen LogP) is 2.80. The number of halogens is 1. The average molecular weight is 193 g/mol. The van der Waals surface area contributed by atoms with Crippen LogP contribution in [0.3, 0.4) is 0 Å². The van der Waals surface area contributed by atoms with Crippen molar-refractivity contribution in [3.05, 3.63) is 35.1 Å². The van der Waals surface area contributed by atoms with Gasteiger partial charge in [-0.3, -0.25) is 0 Å². The van der Waals surface area contributed by atoms with Gasteiger partial charge in [-0.15, -0.1) is 0 Å². The molecular formula is C12H16FN. The number of nitrogens with one attached hydrogen (secondary N) is 1. The monoisotopic (exact) mass is 193 g/mol. The zero-order valence-corrected chi connectivity index (χ0v) is 8.68. The van der Waals surface area contributed by atoms with E-state index in [1.807, 2.05) is 13.0 Å². The third-order valence-corrected chi connectivity index (χ3v) is 2.96. The maximum absolute atomic E-state index is 12.9. The molecule has 1 aliphatic heterocycles. The van der Waals surface area contributed by atoms with Crippen LogP contribution in [0.4, 0.5) is 4.39 Å². The summed E-state index contributed by atoms with van der Waals surface area (Å²) in [7, 11) is 0. The SMILES string of the molecule is Cc1cc(F)ccc1C1CC(C)CN1. The van der Waals surface area contributed by atoms with Gasteiger partial charge in [0.1, 0.15) is 5.82 Å². The summed E-state index contributed by atoms with van der Waals surface area (Å²) in [6.07, 6.45) is 1.16. The fourth-order valence-corrected chi connectivity index (χ4v) is 2.18. The van der Waals surface area contributed by atoms with E-state index in [0.29, 0.717) is 6.04 Å². The van der Waals surface area contributed by atoms with Crippen molar-refractivity contribution in [3.8, 4) is 0 Å². The zero-order chi connectivity index (χ0) is 10.1. The Balaban J connectivity index is 2.24. The van der Waals surface area contributed by atoms with E-state index in [1.54, 1.807) is 12.1 Å². The molecule has 2 rings (SSSR count). The Labute approximate surface area is 84.3 Å². The summed E-state index contributed by atoms with van der Waals surface area (Å²) in [5, 5.41) is 3.46. The Morgan fingerprint density at radius 2 is 2.21 bits per heavy atom. The van der Waals surface area contributed by atoms with E-state index in [-0.39, 0.29) is 5.82 Å². The zero-order valence-electron chi connectivity index (χ0n) is 8.68. The standard InChI is InChI=1S/C12H16FN/c1-8-5-12(14-7-8)11-4-3-10(13)6-9(11)2/h3-4,6,8,12,14H,5,7H2,1-2H3. The molecule has 0 bridgehead atoms. The van der Waals surface area contributed by atoms with Crippen molar-refractivity contribution in [2.75, 3.05) is 6.54 Å². The van der Waals surface area contributed by atoms with Crippen LogP contribution in [-0.4, -0.2) is 6.54 Å². The maximum atomic E-state index is 12.9. The normalized spacial score (nSPS) is 26.8. The molecule has 2 atom stereocenters. The highest BCUT2D eigenvalue weighted by Gasteiger charge is 2.22. The molecule has 2 unspecified atom stereocenters. The minimum Gasteiger partial charge on any atom is -0.310 e. The molecule has 0 aliphatic carbocycles. The number of benzene rings is 1. The fraction of sp³-hybridized carbons (Fsp3) is 0.500. The molecule has 2 heteroatoms. The third-order valence-electron chi connectivity index (χ3n) is 2.96. The van der Waals surface area contributed by atoms with Crippen molar-refractivity contribution in [2.24, 2.45) is 5.92 Å². The van der Waals surface area contributed by atoms with Gasteiger partial charge < -0.3 is 5.32 Å². The molecule has 0 radical (unpaired) electrons. The van der Waals surface area contributed by atoms with Crippen molar-refractivity contribution >= 4 is 0 Å². The second-order valence-electron chi connectivity index (χ2n) is 4.30. The summed E-state index contributed by atoms with van der Waals surface area (Å²) in [6.45, 7) is 5.29. The van der Waals surface area contributed by atoms with Gasteiger partial charge in [-0.25, -0.2) is 4.39 Å². The van der Waals surface area contributed by atoms with Crippen LogP contribution in [0, 0.1) is 18.7 Å². The molecule has 1 fully saturated rings. The topological polar surface area (TPSA) is 12.0 Å². The van der Waals surface area contributed by atoms with Crippen LogP contribution in [0.5, 0.6) is 0 Å². The molecule has 0 aromatic heterocycles. The van der Waals surface area contributed by atoms with Gasteiger partial charge >= 0.3 is 0 Å². The molecule has 1 heterocycles. The van der Waals surface area contributed by atoms with Crippen molar-refractivity contribution in [2.45, 2.75) is 26.3 Å². The van der Waals surface area contributed by atoms with Gasteiger partial charge in [-0.05, 0) is 49.1 Å². The first-order chi connectivity index (χ1) is 6.66. The number of hydrogen-bond acceptors (Lipinski definition) is 1. The molecular weight excluding hydrogens is 177 g/mol. The van der Waals surface area contributed by atoms with Crippen LogP contribution >= 0.6 is 0 Å². The molecule has 1 aromatic carbocycles. The first-order valence-corrected chi connectivity index (χ1v) is 5.16. The highest BCUT2D eigenvalue weighted by molar-refractivity contribution is 5.30. The van der Waals surface area contributed by atoms with E-state index < -0.39 is 0 Å². The van der Waals surface area contributed by atoms with Gasteiger partial charge in [0.25, 0.3) is 0 Å². The summed E-state index contributed by atoms with van der Waals surface area (Å²) >= 11 is 0. The molecule has 1 N–H and O–H groups in total. The second-order valence-corrected chi connectivity index (χ2v) is 4.30. The van der Waals surface area contributed by atoms with Gasteiger partial charge in [-0.2, -0.15) is 0 Å². The molecule has 0 spiro atoms. The van der Waals surface area contributed by atoms with Crippen LogP contribution in [0.15, 0.2) is 18.2 Å². The van der Waals surface area contributed by atoms with Crippen LogP contribution < -0.4 is 5.32 Å². The van der Waals surface area contributed by atoms with Crippen LogP contribution in [0.1, 0.15) is 30.5 Å². The lowest BCUT2D eigenvalue weighted by Gasteiger charge is -2.13. The van der Waals surface area contributed by atoms with Crippen molar-refractivity contribution in [1.29, 1.82) is 0 Å². The summed E-state index contributed by atoms with van der Waals surface area (Å²) in [5.74, 6) is 0.585. The molecule has 0 saturated carbocycles. The molecule has 1 nitrogen and oxygen atoms in total. The Morgan fingerprint density at radius 1 is 1.43 bits per heavy atom. The van der Waals surface area contributed by atoms with Crippen LogP contribution in [0.25, 0.3) is 0 Å². The van der Waals surface area contributed by atoms with E-state index in [4.69, 9.17) is 0 Å². The Morgan fingerprint density at radius 3 is 2.79 bits per heavy atom. The van der Waals surface area contributed by atoms with Crippen molar-refractivity contribution in [1.82, 2.24) is 5.32 Å². The molecule has 76 valence electrons. The van der Waals surface area contributed by atoms with E-state index in [0.717, 1.165) is 24.4 Å². The van der Waals surface area contributed by atoms with Crippen molar-refractivity contribution in [3.63, 3.8) is 0 Å². The van der Waals surface area contributed by atoms with E-state index in [9.17, 15) is 4.39 Å². The first-order valence-electron chi connectivity index (χ1n) is 5.16. The minimum atomic E-state index is -0.141. The summed E-state index contributed by atoms with van der Waals surface area (Å²) in [6, 6.07) is 5.48. The van der Waals surface area contributed by atoms with Crippen LogP contribution in [0.2, 0.25) is 0 Å². The fourth-order valence-electron chi connectivity index (χ4n) is 2.18. The smallest absolute Gasteiger partial charge is 0.123 e. The predicted molar refractivity (Wildman–Crippen MR) is 55.7 cm³/mol. The Hall–Kier alpha value is -0.890. The molecule has 14 heavy (non-hydrogen) atoms. The number of hydrogen-bond donors (Lipinski definition) is 1. The lowest BCUT2D eigenvalue weighted by atomic mass is 9.97. The minimum absolute atomic E-state index is 0.141. The average Bonchev–Trinajstić information content (AvgIpc) is 2.51. The highest BCUT2D eigenvalue weighted by Crippen LogP contribution is 2.28. The third kappa shape index (κ3) is 1.80. The maximum Gasteiger partial charge on any atom is 0.123 e. The quantitative estimate of drug-likeness (QED) is 0.723. The molecule has 1 aliphatic rings. The number of aryl methyl sites for hydroxylation is 1. The van der Waals surface area contributed by atoms with Gasteiger partial charge in [0.15, 0.2) is 0 Å². The van der Waals surface area contributed by atoms with E-state index >= 15 is 0 Å². The molecule has 1 aromatic rings. The number of rotatable bonds is 1. The van der Waals surface area contributed by atoms with Gasteiger partial charge in [0.05, 0.1) is 0 Å². The second kappa shape index (κ2) is 3.70. The van der Waals surface area contributed by atoms with E-state index in [2.05, 4.69) is 12.2 Å². The van der Waals surface area contributed by atoms with Gasteiger partial charge in [0.2, 0.25) is 0 Å². The molecule has 0 amide bonds. The van der Waals surface area contributed by atoms with Gasteiger partial charge in [-0.1, -0.05) is 13.0 Å². The summed E-state index contributed by atoms with van der Waals surface area (Å²) < 4.78 is 12.9. The van der Waals surface area contributed by atoms with Crippen LogP contribution in [-0.2, 0) is 0 Å². The van der Waals surface area contributed by atoms with Crippen molar-refractivity contribution < 1.29 is 4.39 Å². The molecule has 1 saturated heterocycles. The lowest BCUT2D eigenvalue weighted by Crippen LogP contribution is -2.14. The first kappa shape index (κ1) is 9.66. The largest absolute Gasteiger partial charge is 0.310 e.